The zero-order valence-corrected chi connectivity index (χ0v) is 16.7. The predicted octanol–water partition coefficient (Wildman–Crippen LogP) is 3.11. The molecule has 1 N–H and O–H groups in total. The molecule has 0 saturated carbocycles. The highest BCUT2D eigenvalue weighted by atomic mass is 32.2. The molecule has 1 aromatic heterocycles. The van der Waals surface area contributed by atoms with Crippen molar-refractivity contribution in [1.82, 2.24) is 9.29 Å². The van der Waals surface area contributed by atoms with Gasteiger partial charge in [-0.05, 0) is 29.7 Å². The minimum absolute atomic E-state index is 0.124. The number of hydrogen-bond acceptors (Lipinski definition) is 5. The van der Waals surface area contributed by atoms with Gasteiger partial charge in [-0.3, -0.25) is 4.79 Å². The summed E-state index contributed by atoms with van der Waals surface area (Å²) in [6.07, 6.45) is 0. The maximum atomic E-state index is 12.5. The van der Waals surface area contributed by atoms with E-state index in [9.17, 15) is 13.2 Å². The highest BCUT2D eigenvalue weighted by molar-refractivity contribution is 7.89. The number of nitrogens with one attached hydrogen (secondary N) is 1. The van der Waals surface area contributed by atoms with Crippen LogP contribution < -0.4 is 14.3 Å². The number of sulfonamides is 1. The van der Waals surface area contributed by atoms with Gasteiger partial charge < -0.3 is 9.30 Å². The highest BCUT2D eigenvalue weighted by Crippen LogP contribution is 2.25. The summed E-state index contributed by atoms with van der Waals surface area (Å²) in [5, 5.41) is 2.05. The number of thiazole rings is 1. The number of nitrogens with zero attached hydrogens (tertiary/aromatic N) is 1. The summed E-state index contributed by atoms with van der Waals surface area (Å²) >= 11 is 1.03. The van der Waals surface area contributed by atoms with E-state index in [-0.39, 0.29) is 22.9 Å². The molecule has 3 aromatic carbocycles. The van der Waals surface area contributed by atoms with E-state index < -0.39 is 10.0 Å². The van der Waals surface area contributed by atoms with E-state index in [0.717, 1.165) is 22.1 Å². The van der Waals surface area contributed by atoms with Crippen LogP contribution in [0.1, 0.15) is 0 Å². The van der Waals surface area contributed by atoms with Gasteiger partial charge in [-0.25, -0.2) is 13.1 Å². The van der Waals surface area contributed by atoms with Crippen molar-refractivity contribution in [2.75, 3.05) is 13.2 Å². The van der Waals surface area contributed by atoms with Crippen LogP contribution in [0.4, 0.5) is 0 Å². The first-order valence-electron chi connectivity index (χ1n) is 8.65. The van der Waals surface area contributed by atoms with Gasteiger partial charge in [-0.1, -0.05) is 47.7 Å². The standard InChI is InChI=1S/C20H18N2O4S2/c1-22-17-10-9-15(13-19(17)27-20(22)23)28(24,25)21-11-12-26-18-8-4-6-14-5-2-3-7-16(14)18/h2-10,13,21H,11-12H2,1H3. The normalized spacial score (nSPS) is 11.9. The van der Waals surface area contributed by atoms with Crippen LogP contribution in [0, 0.1) is 0 Å². The summed E-state index contributed by atoms with van der Waals surface area (Å²) in [7, 11) is -2.02. The van der Waals surface area contributed by atoms with Crippen LogP contribution in [0.2, 0.25) is 0 Å². The number of benzene rings is 3. The first kappa shape index (κ1) is 18.7. The molecule has 0 spiro atoms. The lowest BCUT2D eigenvalue weighted by atomic mass is 10.1. The molecule has 8 heteroatoms. The first-order valence-corrected chi connectivity index (χ1v) is 11.0. The highest BCUT2D eigenvalue weighted by Gasteiger charge is 2.16. The molecule has 0 aliphatic rings. The van der Waals surface area contributed by atoms with Gasteiger partial charge in [0.15, 0.2) is 0 Å². The SMILES string of the molecule is Cn1c(=O)sc2cc(S(=O)(=O)NCCOc3cccc4ccccc34)ccc21. The summed E-state index contributed by atoms with van der Waals surface area (Å²) in [6, 6.07) is 18.3. The van der Waals surface area contributed by atoms with Crippen molar-refractivity contribution in [1.29, 1.82) is 0 Å². The fourth-order valence-corrected chi connectivity index (χ4v) is 5.06. The van der Waals surface area contributed by atoms with E-state index in [1.165, 1.54) is 16.7 Å². The Hall–Kier alpha value is -2.68. The third-order valence-electron chi connectivity index (χ3n) is 4.48. The number of aryl methyl sites for hydroxylation is 1. The molecule has 0 atom stereocenters. The molecule has 0 aliphatic heterocycles. The average Bonchev–Trinajstić information content (AvgIpc) is 2.98. The van der Waals surface area contributed by atoms with E-state index in [2.05, 4.69) is 4.72 Å². The van der Waals surface area contributed by atoms with Crippen molar-refractivity contribution in [2.45, 2.75) is 4.90 Å². The van der Waals surface area contributed by atoms with E-state index in [0.29, 0.717) is 16.0 Å². The first-order chi connectivity index (χ1) is 13.5. The van der Waals surface area contributed by atoms with Gasteiger partial charge in [0, 0.05) is 19.0 Å². The molecule has 144 valence electrons. The summed E-state index contributed by atoms with van der Waals surface area (Å²) in [6.45, 7) is 0.336. The maximum Gasteiger partial charge on any atom is 0.307 e. The lowest BCUT2D eigenvalue weighted by Crippen LogP contribution is -2.28. The summed E-state index contributed by atoms with van der Waals surface area (Å²) in [5.41, 5.74) is 0.716. The number of fused-ring (bicyclic) bond motifs is 2. The smallest absolute Gasteiger partial charge is 0.307 e. The predicted molar refractivity (Wildman–Crippen MR) is 112 cm³/mol. The van der Waals surface area contributed by atoms with Crippen molar-refractivity contribution < 1.29 is 13.2 Å². The molecule has 0 aliphatic carbocycles. The maximum absolute atomic E-state index is 12.5. The van der Waals surface area contributed by atoms with Crippen molar-refractivity contribution in [3.8, 4) is 5.75 Å². The molecule has 6 nitrogen and oxygen atoms in total. The Morgan fingerprint density at radius 1 is 1.07 bits per heavy atom. The van der Waals surface area contributed by atoms with Crippen LogP contribution in [0.15, 0.2) is 70.4 Å². The molecule has 0 fully saturated rings. The van der Waals surface area contributed by atoms with Crippen LogP contribution >= 0.6 is 11.3 Å². The fraction of sp³-hybridized carbons (Fsp3) is 0.150. The number of aromatic nitrogens is 1. The second-order valence-corrected chi connectivity index (χ2v) is 9.04. The van der Waals surface area contributed by atoms with Crippen LogP contribution in [0.5, 0.6) is 5.75 Å². The quantitative estimate of drug-likeness (QED) is 0.492. The van der Waals surface area contributed by atoms with E-state index in [4.69, 9.17) is 4.74 Å². The third kappa shape index (κ3) is 3.54. The van der Waals surface area contributed by atoms with Crippen LogP contribution in [-0.4, -0.2) is 26.1 Å². The zero-order chi connectivity index (χ0) is 19.7. The second-order valence-electron chi connectivity index (χ2n) is 6.28. The number of ether oxygens (including phenoxy) is 1. The molecule has 4 rings (SSSR count). The molecule has 0 amide bonds. The van der Waals surface area contributed by atoms with Gasteiger partial charge in [-0.15, -0.1) is 0 Å². The van der Waals surface area contributed by atoms with Crippen LogP contribution in [-0.2, 0) is 17.1 Å². The molecule has 4 aromatic rings. The molecule has 0 bridgehead atoms. The number of rotatable bonds is 6. The van der Waals surface area contributed by atoms with E-state index in [1.54, 1.807) is 13.1 Å². The molecular weight excluding hydrogens is 396 g/mol. The number of hydrogen-bond donors (Lipinski definition) is 1. The zero-order valence-electron chi connectivity index (χ0n) is 15.1. The Kier molecular flexibility index (Phi) is 4.92. The minimum Gasteiger partial charge on any atom is -0.492 e. The van der Waals surface area contributed by atoms with Crippen LogP contribution in [0.25, 0.3) is 21.0 Å². The van der Waals surface area contributed by atoms with Crippen molar-refractivity contribution in [3.63, 3.8) is 0 Å². The van der Waals surface area contributed by atoms with Gasteiger partial charge in [0.05, 0.1) is 15.1 Å². The summed E-state index contributed by atoms with van der Waals surface area (Å²) in [5.74, 6) is 0.716. The third-order valence-corrected chi connectivity index (χ3v) is 6.93. The Balaban J connectivity index is 1.45. The Labute approximate surface area is 166 Å². The molecular formula is C20H18N2O4S2. The van der Waals surface area contributed by atoms with Gasteiger partial charge in [0.25, 0.3) is 0 Å². The van der Waals surface area contributed by atoms with Gasteiger partial charge in [0.2, 0.25) is 10.0 Å². The largest absolute Gasteiger partial charge is 0.492 e. The molecule has 0 saturated heterocycles. The summed E-state index contributed by atoms with van der Waals surface area (Å²) < 4.78 is 35.5. The molecule has 0 unspecified atom stereocenters. The van der Waals surface area contributed by atoms with Gasteiger partial charge in [0.1, 0.15) is 12.4 Å². The Morgan fingerprint density at radius 2 is 1.86 bits per heavy atom. The Morgan fingerprint density at radius 3 is 2.71 bits per heavy atom. The van der Waals surface area contributed by atoms with Crippen molar-refractivity contribution >= 4 is 42.3 Å². The second kappa shape index (κ2) is 7.38. The monoisotopic (exact) mass is 414 g/mol. The van der Waals surface area contributed by atoms with Gasteiger partial charge in [-0.2, -0.15) is 0 Å². The fourth-order valence-electron chi connectivity index (χ4n) is 3.02. The lowest BCUT2D eigenvalue weighted by Gasteiger charge is -2.10. The van der Waals surface area contributed by atoms with Gasteiger partial charge >= 0.3 is 4.87 Å². The Bertz CT molecular complexity index is 1320. The minimum atomic E-state index is -3.69. The molecule has 1 heterocycles. The van der Waals surface area contributed by atoms with Crippen molar-refractivity contribution in [2.24, 2.45) is 7.05 Å². The lowest BCUT2D eigenvalue weighted by molar-refractivity contribution is 0.326. The van der Waals surface area contributed by atoms with Crippen LogP contribution in [0.3, 0.4) is 0 Å². The van der Waals surface area contributed by atoms with Crippen molar-refractivity contribution in [3.05, 3.63) is 70.3 Å². The average molecular weight is 415 g/mol. The topological polar surface area (TPSA) is 77.4 Å². The molecule has 0 radical (unpaired) electrons. The summed E-state index contributed by atoms with van der Waals surface area (Å²) in [4.78, 5) is 11.7. The van der Waals surface area contributed by atoms with E-state index in [1.807, 2.05) is 42.5 Å². The van der Waals surface area contributed by atoms with E-state index >= 15 is 0 Å². The molecule has 28 heavy (non-hydrogen) atoms.